The summed E-state index contributed by atoms with van der Waals surface area (Å²) in [6.45, 7) is 4.71. The minimum Gasteiger partial charge on any atom is -0.494 e. The third-order valence-corrected chi connectivity index (χ3v) is 3.46. The Hall–Kier alpha value is -3.09. The second kappa shape index (κ2) is 8.68. The molecule has 0 bridgehead atoms. The van der Waals surface area contributed by atoms with Gasteiger partial charge in [-0.1, -0.05) is 6.07 Å². The zero-order valence-electron chi connectivity index (χ0n) is 14.2. The molecule has 0 aromatic heterocycles. The summed E-state index contributed by atoms with van der Waals surface area (Å²) in [6.07, 6.45) is 0. The minimum atomic E-state index is -0.499. The zero-order chi connectivity index (χ0) is 18.2. The number of carbonyl (C=O) groups excluding carboxylic acids is 1. The average Bonchev–Trinajstić information content (AvgIpc) is 2.60. The van der Waals surface area contributed by atoms with Crippen LogP contribution in [0.5, 0.6) is 11.5 Å². The van der Waals surface area contributed by atoms with Crippen LogP contribution in [0.25, 0.3) is 0 Å². The molecule has 1 amide bonds. The van der Waals surface area contributed by atoms with Crippen LogP contribution < -0.4 is 14.8 Å². The van der Waals surface area contributed by atoms with E-state index < -0.39 is 4.92 Å². The van der Waals surface area contributed by atoms with Crippen molar-refractivity contribution in [2.45, 2.75) is 13.8 Å². The molecule has 1 N–H and O–H groups in total. The monoisotopic (exact) mass is 344 g/mol. The Morgan fingerprint density at radius 1 is 1.12 bits per heavy atom. The molecule has 0 atom stereocenters. The minimum absolute atomic E-state index is 0.0710. The molecule has 0 aliphatic carbocycles. The first kappa shape index (κ1) is 18.3. The Kier molecular flexibility index (Phi) is 6.33. The number of amides is 1. The Morgan fingerprint density at radius 3 is 2.36 bits per heavy atom. The molecule has 0 heterocycles. The van der Waals surface area contributed by atoms with Crippen molar-refractivity contribution in [3.8, 4) is 11.5 Å². The Bertz CT molecular complexity index is 744. The molecule has 0 aliphatic heterocycles. The van der Waals surface area contributed by atoms with Crippen LogP contribution in [0.2, 0.25) is 0 Å². The van der Waals surface area contributed by atoms with Crippen molar-refractivity contribution >= 4 is 11.6 Å². The maximum atomic E-state index is 12.1. The molecular formula is C18H20N2O5. The van der Waals surface area contributed by atoms with E-state index in [1.807, 2.05) is 19.1 Å². The topological polar surface area (TPSA) is 90.7 Å². The largest absolute Gasteiger partial charge is 0.494 e. The molecule has 0 saturated carbocycles. The predicted molar refractivity (Wildman–Crippen MR) is 93.3 cm³/mol. The summed E-state index contributed by atoms with van der Waals surface area (Å²) < 4.78 is 10.9. The van der Waals surface area contributed by atoms with Gasteiger partial charge >= 0.3 is 0 Å². The number of hydrogen-bond donors (Lipinski definition) is 1. The van der Waals surface area contributed by atoms with Gasteiger partial charge in [0.25, 0.3) is 11.6 Å². The van der Waals surface area contributed by atoms with Gasteiger partial charge in [0.2, 0.25) is 0 Å². The lowest BCUT2D eigenvalue weighted by Crippen LogP contribution is -2.28. The van der Waals surface area contributed by atoms with Gasteiger partial charge < -0.3 is 14.8 Å². The van der Waals surface area contributed by atoms with E-state index in [0.717, 1.165) is 5.75 Å². The lowest BCUT2D eigenvalue weighted by atomic mass is 10.1. The third-order valence-electron chi connectivity index (χ3n) is 3.46. The fourth-order valence-corrected chi connectivity index (χ4v) is 2.18. The highest BCUT2D eigenvalue weighted by Gasteiger charge is 2.14. The molecule has 0 unspecified atom stereocenters. The van der Waals surface area contributed by atoms with Crippen molar-refractivity contribution in [1.82, 2.24) is 5.32 Å². The summed E-state index contributed by atoms with van der Waals surface area (Å²) >= 11 is 0. The normalized spacial score (nSPS) is 10.2. The number of nitro benzene ring substituents is 1. The Morgan fingerprint density at radius 2 is 1.76 bits per heavy atom. The van der Waals surface area contributed by atoms with E-state index in [2.05, 4.69) is 5.32 Å². The first-order chi connectivity index (χ1) is 12.0. The number of carbonyl (C=O) groups is 1. The first-order valence-electron chi connectivity index (χ1n) is 7.90. The van der Waals surface area contributed by atoms with E-state index in [4.69, 9.17) is 9.47 Å². The van der Waals surface area contributed by atoms with Gasteiger partial charge in [-0.25, -0.2) is 0 Å². The number of rotatable bonds is 8. The standard InChI is InChI=1S/C18H20N2O5/c1-3-24-15-6-8-16(9-7-15)25-11-10-19-18(21)14-5-4-13(2)17(12-14)20(22)23/h4-9,12H,3,10-11H2,1-2H3,(H,19,21). The molecule has 2 aromatic rings. The van der Waals surface area contributed by atoms with Crippen LogP contribution in [0.3, 0.4) is 0 Å². The lowest BCUT2D eigenvalue weighted by Gasteiger charge is -2.09. The molecule has 0 radical (unpaired) electrons. The van der Waals surface area contributed by atoms with E-state index in [9.17, 15) is 14.9 Å². The van der Waals surface area contributed by atoms with Crippen molar-refractivity contribution < 1.29 is 19.2 Å². The SMILES string of the molecule is CCOc1ccc(OCCNC(=O)c2ccc(C)c([N+](=O)[O-])c2)cc1. The molecule has 7 heteroatoms. The molecule has 132 valence electrons. The summed E-state index contributed by atoms with van der Waals surface area (Å²) in [7, 11) is 0. The smallest absolute Gasteiger partial charge is 0.273 e. The van der Waals surface area contributed by atoms with Crippen LogP contribution >= 0.6 is 0 Å². The average molecular weight is 344 g/mol. The van der Waals surface area contributed by atoms with Crippen molar-refractivity contribution in [1.29, 1.82) is 0 Å². The summed E-state index contributed by atoms with van der Waals surface area (Å²) in [5, 5.41) is 13.6. The van der Waals surface area contributed by atoms with Crippen LogP contribution in [0.15, 0.2) is 42.5 Å². The van der Waals surface area contributed by atoms with Crippen LogP contribution in [-0.4, -0.2) is 30.6 Å². The number of nitrogens with zero attached hydrogens (tertiary/aromatic N) is 1. The van der Waals surface area contributed by atoms with Gasteiger partial charge in [-0.3, -0.25) is 14.9 Å². The fraction of sp³-hybridized carbons (Fsp3) is 0.278. The number of benzene rings is 2. The second-order valence-electron chi connectivity index (χ2n) is 5.27. The highest BCUT2D eigenvalue weighted by atomic mass is 16.6. The van der Waals surface area contributed by atoms with Gasteiger partial charge in [-0.15, -0.1) is 0 Å². The quantitative estimate of drug-likeness (QED) is 0.451. The van der Waals surface area contributed by atoms with Crippen molar-refractivity contribution in [2.24, 2.45) is 0 Å². The van der Waals surface area contributed by atoms with Gasteiger partial charge in [-0.05, 0) is 44.2 Å². The number of hydrogen-bond acceptors (Lipinski definition) is 5. The molecule has 0 aliphatic rings. The lowest BCUT2D eigenvalue weighted by molar-refractivity contribution is -0.385. The molecule has 7 nitrogen and oxygen atoms in total. The Labute approximate surface area is 145 Å². The molecule has 0 fully saturated rings. The highest BCUT2D eigenvalue weighted by Crippen LogP contribution is 2.19. The van der Waals surface area contributed by atoms with Gasteiger partial charge in [0.1, 0.15) is 18.1 Å². The number of ether oxygens (including phenoxy) is 2. The summed E-state index contributed by atoms with van der Waals surface area (Å²) in [4.78, 5) is 22.5. The van der Waals surface area contributed by atoms with Gasteiger partial charge in [0.15, 0.2) is 0 Å². The molecular weight excluding hydrogens is 324 g/mol. The van der Waals surface area contributed by atoms with Crippen molar-refractivity contribution in [3.05, 3.63) is 63.7 Å². The predicted octanol–water partition coefficient (Wildman–Crippen LogP) is 3.11. The maximum absolute atomic E-state index is 12.1. The number of nitro groups is 1. The highest BCUT2D eigenvalue weighted by molar-refractivity contribution is 5.94. The second-order valence-corrected chi connectivity index (χ2v) is 5.27. The van der Waals surface area contributed by atoms with Crippen LogP contribution in [0.4, 0.5) is 5.69 Å². The zero-order valence-corrected chi connectivity index (χ0v) is 14.2. The van der Waals surface area contributed by atoms with E-state index in [1.54, 1.807) is 31.2 Å². The molecule has 2 aromatic carbocycles. The fourth-order valence-electron chi connectivity index (χ4n) is 2.18. The summed E-state index contributed by atoms with van der Waals surface area (Å²) in [5.41, 5.74) is 0.692. The number of nitrogens with one attached hydrogen (secondary N) is 1. The van der Waals surface area contributed by atoms with Crippen LogP contribution in [-0.2, 0) is 0 Å². The van der Waals surface area contributed by atoms with Gasteiger partial charge in [-0.2, -0.15) is 0 Å². The van der Waals surface area contributed by atoms with E-state index >= 15 is 0 Å². The summed E-state index contributed by atoms with van der Waals surface area (Å²) in [6, 6.07) is 11.6. The third kappa shape index (κ3) is 5.20. The summed E-state index contributed by atoms with van der Waals surface area (Å²) in [5.74, 6) is 1.06. The molecule has 25 heavy (non-hydrogen) atoms. The van der Waals surface area contributed by atoms with Crippen molar-refractivity contribution in [2.75, 3.05) is 19.8 Å². The van der Waals surface area contributed by atoms with E-state index in [-0.39, 0.29) is 30.3 Å². The van der Waals surface area contributed by atoms with Crippen LogP contribution in [0, 0.1) is 17.0 Å². The van der Waals surface area contributed by atoms with Gasteiger partial charge in [0, 0.05) is 17.2 Å². The van der Waals surface area contributed by atoms with Crippen LogP contribution in [0.1, 0.15) is 22.8 Å². The van der Waals surface area contributed by atoms with Gasteiger partial charge in [0.05, 0.1) is 18.1 Å². The Balaban J connectivity index is 1.82. The number of aryl methyl sites for hydroxylation is 1. The van der Waals surface area contributed by atoms with Crippen molar-refractivity contribution in [3.63, 3.8) is 0 Å². The first-order valence-corrected chi connectivity index (χ1v) is 7.90. The molecule has 0 saturated heterocycles. The molecule has 2 rings (SSSR count). The van der Waals surface area contributed by atoms with E-state index in [0.29, 0.717) is 17.9 Å². The molecule has 0 spiro atoms. The van der Waals surface area contributed by atoms with E-state index in [1.165, 1.54) is 6.07 Å². The maximum Gasteiger partial charge on any atom is 0.273 e.